The van der Waals surface area contributed by atoms with Crippen molar-refractivity contribution in [3.63, 3.8) is 0 Å². The molecule has 0 fully saturated rings. The monoisotopic (exact) mass is 292 g/mol. The van der Waals surface area contributed by atoms with E-state index in [2.05, 4.69) is 41.9 Å². The van der Waals surface area contributed by atoms with Gasteiger partial charge in [0.25, 0.3) is 0 Å². The van der Waals surface area contributed by atoms with E-state index in [9.17, 15) is 0 Å². The first-order valence-corrected chi connectivity index (χ1v) is 6.24. The van der Waals surface area contributed by atoms with Crippen LogP contribution in [0.2, 0.25) is 0 Å². The number of benzene rings is 2. The lowest BCUT2D eigenvalue weighted by atomic mass is 10.2. The van der Waals surface area contributed by atoms with Crippen LogP contribution in [0.3, 0.4) is 0 Å². The molecule has 0 atom stereocenters. The largest absolute Gasteiger partial charge is 0.497 e. The van der Waals surface area contributed by atoms with Gasteiger partial charge in [-0.25, -0.2) is 0 Å². The van der Waals surface area contributed by atoms with Crippen molar-refractivity contribution in [3.8, 4) is 5.75 Å². The molecule has 0 bridgehead atoms. The smallest absolute Gasteiger partial charge is 0.118 e. The Labute approximate surface area is 112 Å². The van der Waals surface area contributed by atoms with Crippen molar-refractivity contribution in [2.45, 2.75) is 13.8 Å². The molecule has 2 rings (SSSR count). The van der Waals surface area contributed by atoms with Crippen LogP contribution in [-0.2, 0) is 0 Å². The number of aryl methyl sites for hydroxylation is 2. The Morgan fingerprint density at radius 1 is 0.765 bits per heavy atom. The molecule has 17 heavy (non-hydrogen) atoms. The summed E-state index contributed by atoms with van der Waals surface area (Å²) >= 11 is 3.35. The summed E-state index contributed by atoms with van der Waals surface area (Å²) in [5, 5.41) is 0. The summed E-state index contributed by atoms with van der Waals surface area (Å²) in [5.41, 5.74) is 2.56. The van der Waals surface area contributed by atoms with E-state index in [0.717, 1.165) is 10.2 Å². The Morgan fingerprint density at radius 3 is 1.53 bits per heavy atom. The number of methoxy groups -OCH3 is 1. The minimum Gasteiger partial charge on any atom is -0.497 e. The zero-order chi connectivity index (χ0) is 12.7. The molecule has 0 radical (unpaired) electrons. The summed E-state index contributed by atoms with van der Waals surface area (Å²) < 4.78 is 6.11. The first-order chi connectivity index (χ1) is 8.11. The molecule has 0 aliphatic carbocycles. The maximum absolute atomic E-state index is 4.97. The molecule has 1 nitrogen and oxygen atoms in total. The van der Waals surface area contributed by atoms with Crippen LogP contribution in [0.1, 0.15) is 11.1 Å². The van der Waals surface area contributed by atoms with Crippen LogP contribution in [0.15, 0.2) is 53.0 Å². The summed E-state index contributed by atoms with van der Waals surface area (Å²) in [6.07, 6.45) is 0. The van der Waals surface area contributed by atoms with Gasteiger partial charge in [0.2, 0.25) is 0 Å². The van der Waals surface area contributed by atoms with Crippen molar-refractivity contribution < 1.29 is 4.74 Å². The lowest BCUT2D eigenvalue weighted by molar-refractivity contribution is 0.414. The highest BCUT2D eigenvalue weighted by atomic mass is 79.9. The summed E-state index contributed by atoms with van der Waals surface area (Å²) in [5.74, 6) is 0.917. The molecule has 0 unspecified atom stereocenters. The second kappa shape index (κ2) is 7.13. The molecule has 0 aliphatic rings. The third-order valence-electron chi connectivity index (χ3n) is 2.27. The van der Waals surface area contributed by atoms with E-state index >= 15 is 0 Å². The standard InChI is InChI=1S/C8H10O.C7H7Br/c1-7-3-5-8(9-2)6-4-7;1-6-2-4-7(8)5-3-6/h3-6H,1-2H3;2-5H,1H3. The highest BCUT2D eigenvalue weighted by Gasteiger charge is 1.85. The maximum Gasteiger partial charge on any atom is 0.118 e. The molecule has 0 saturated carbocycles. The molecule has 0 aromatic heterocycles. The van der Waals surface area contributed by atoms with Gasteiger partial charge in [0.05, 0.1) is 7.11 Å². The summed E-state index contributed by atoms with van der Waals surface area (Å²) in [7, 11) is 1.67. The fraction of sp³-hybridized carbons (Fsp3) is 0.200. The molecular formula is C15H17BrO. The van der Waals surface area contributed by atoms with Crippen LogP contribution in [0.4, 0.5) is 0 Å². The van der Waals surface area contributed by atoms with Crippen LogP contribution >= 0.6 is 15.9 Å². The molecule has 2 aromatic carbocycles. The third-order valence-corrected chi connectivity index (χ3v) is 2.80. The number of halogens is 1. The molecular weight excluding hydrogens is 276 g/mol. The first kappa shape index (κ1) is 13.8. The molecule has 0 saturated heterocycles. The van der Waals surface area contributed by atoms with Crippen LogP contribution < -0.4 is 4.74 Å². The lowest BCUT2D eigenvalue weighted by Crippen LogP contribution is -1.80. The molecule has 0 N–H and O–H groups in total. The minimum absolute atomic E-state index is 0.917. The maximum atomic E-state index is 4.97. The van der Waals surface area contributed by atoms with Gasteiger partial charge in [-0.05, 0) is 38.1 Å². The van der Waals surface area contributed by atoms with Gasteiger partial charge in [0.1, 0.15) is 5.75 Å². The lowest BCUT2D eigenvalue weighted by Gasteiger charge is -1.97. The van der Waals surface area contributed by atoms with Crippen molar-refractivity contribution in [1.29, 1.82) is 0 Å². The average molecular weight is 293 g/mol. The summed E-state index contributed by atoms with van der Waals surface area (Å²) in [4.78, 5) is 0. The zero-order valence-electron chi connectivity index (χ0n) is 10.4. The van der Waals surface area contributed by atoms with E-state index in [1.807, 2.05) is 36.4 Å². The second-order valence-electron chi connectivity index (χ2n) is 3.81. The van der Waals surface area contributed by atoms with Crippen molar-refractivity contribution in [2.75, 3.05) is 7.11 Å². The molecule has 0 amide bonds. The van der Waals surface area contributed by atoms with Crippen LogP contribution in [0.5, 0.6) is 5.75 Å². The summed E-state index contributed by atoms with van der Waals surface area (Å²) in [6.45, 7) is 4.13. The van der Waals surface area contributed by atoms with Gasteiger partial charge >= 0.3 is 0 Å². The Morgan fingerprint density at radius 2 is 1.18 bits per heavy atom. The van der Waals surface area contributed by atoms with Crippen molar-refractivity contribution in [3.05, 3.63) is 64.1 Å². The topological polar surface area (TPSA) is 9.23 Å². The fourth-order valence-electron chi connectivity index (χ4n) is 1.21. The SMILES string of the molecule is COc1ccc(C)cc1.Cc1ccc(Br)cc1. The van der Waals surface area contributed by atoms with Gasteiger partial charge in [-0.3, -0.25) is 0 Å². The Balaban J connectivity index is 0.000000171. The highest BCUT2D eigenvalue weighted by molar-refractivity contribution is 9.10. The van der Waals surface area contributed by atoms with E-state index in [0.29, 0.717) is 0 Å². The highest BCUT2D eigenvalue weighted by Crippen LogP contribution is 2.09. The minimum atomic E-state index is 0.917. The number of rotatable bonds is 1. The molecule has 90 valence electrons. The predicted octanol–water partition coefficient (Wildman–Crippen LogP) is 4.76. The van der Waals surface area contributed by atoms with Gasteiger partial charge in [-0.1, -0.05) is 51.3 Å². The van der Waals surface area contributed by atoms with E-state index in [4.69, 9.17) is 4.74 Å². The van der Waals surface area contributed by atoms with Crippen LogP contribution in [0.25, 0.3) is 0 Å². The average Bonchev–Trinajstić information content (AvgIpc) is 2.35. The normalized spacial score (nSPS) is 9.18. The van der Waals surface area contributed by atoms with E-state index < -0.39 is 0 Å². The fourth-order valence-corrected chi connectivity index (χ4v) is 1.47. The van der Waals surface area contributed by atoms with Crippen LogP contribution in [-0.4, -0.2) is 7.11 Å². The Hall–Kier alpha value is -1.28. The molecule has 0 aliphatic heterocycles. The van der Waals surface area contributed by atoms with Gasteiger partial charge in [0, 0.05) is 4.47 Å². The number of ether oxygens (including phenoxy) is 1. The number of hydrogen-bond acceptors (Lipinski definition) is 1. The third kappa shape index (κ3) is 5.55. The quantitative estimate of drug-likeness (QED) is 0.736. The van der Waals surface area contributed by atoms with Crippen molar-refractivity contribution in [2.24, 2.45) is 0 Å². The van der Waals surface area contributed by atoms with E-state index in [1.165, 1.54) is 11.1 Å². The van der Waals surface area contributed by atoms with E-state index in [-0.39, 0.29) is 0 Å². The predicted molar refractivity (Wildman–Crippen MR) is 76.6 cm³/mol. The van der Waals surface area contributed by atoms with Crippen molar-refractivity contribution in [1.82, 2.24) is 0 Å². The molecule has 2 heteroatoms. The van der Waals surface area contributed by atoms with Crippen LogP contribution in [0, 0.1) is 13.8 Å². The Kier molecular flexibility index (Phi) is 5.78. The second-order valence-corrected chi connectivity index (χ2v) is 4.73. The van der Waals surface area contributed by atoms with Gasteiger partial charge < -0.3 is 4.74 Å². The molecule has 2 aromatic rings. The van der Waals surface area contributed by atoms with Gasteiger partial charge in [0.15, 0.2) is 0 Å². The van der Waals surface area contributed by atoms with Gasteiger partial charge in [-0.2, -0.15) is 0 Å². The van der Waals surface area contributed by atoms with E-state index in [1.54, 1.807) is 7.11 Å². The molecule has 0 spiro atoms. The van der Waals surface area contributed by atoms with Gasteiger partial charge in [-0.15, -0.1) is 0 Å². The zero-order valence-corrected chi connectivity index (χ0v) is 12.0. The number of hydrogen-bond donors (Lipinski definition) is 0. The first-order valence-electron chi connectivity index (χ1n) is 5.44. The molecule has 0 heterocycles. The van der Waals surface area contributed by atoms with Crippen molar-refractivity contribution >= 4 is 15.9 Å². The Bertz CT molecular complexity index is 410. The summed E-state index contributed by atoms with van der Waals surface area (Å²) in [6, 6.07) is 16.2.